The van der Waals surface area contributed by atoms with Crippen molar-refractivity contribution >= 4 is 57.9 Å². The Kier molecular flexibility index (Phi) is 8.30. The summed E-state index contributed by atoms with van der Waals surface area (Å²) in [5.41, 5.74) is 5.77. The van der Waals surface area contributed by atoms with Gasteiger partial charge in [0.2, 0.25) is 17.8 Å². The highest BCUT2D eigenvalue weighted by Gasteiger charge is 2.33. The second-order valence-electron chi connectivity index (χ2n) is 10.4. The predicted octanol–water partition coefficient (Wildman–Crippen LogP) is 6.01. The van der Waals surface area contributed by atoms with Crippen LogP contribution in [0.25, 0.3) is 11.2 Å². The average molecular weight is 599 g/mol. The Hall–Kier alpha value is -2.83. The van der Waals surface area contributed by atoms with Crippen LogP contribution in [0.15, 0.2) is 18.3 Å². The van der Waals surface area contributed by atoms with Crippen LogP contribution in [-0.4, -0.2) is 56.0 Å². The van der Waals surface area contributed by atoms with E-state index in [0.717, 1.165) is 44.6 Å². The number of carbonyl (C=O) groups excluding carboxylic acids is 1. The number of nitrogens with zero attached hydrogens (tertiary/aromatic N) is 5. The summed E-state index contributed by atoms with van der Waals surface area (Å²) in [6, 6.07) is 1.76. The normalized spacial score (nSPS) is 22.4. The Morgan fingerprint density at radius 3 is 2.45 bits per heavy atom. The second-order valence-corrected chi connectivity index (χ2v) is 11.2. The molecule has 1 aliphatic heterocycles. The number of likely N-dealkylation sites (N-methyl/N-ethyl adjacent to an activating group) is 1. The van der Waals surface area contributed by atoms with Crippen LogP contribution in [0.5, 0.6) is 0 Å². The summed E-state index contributed by atoms with van der Waals surface area (Å²) in [4.78, 5) is 28.1. The number of anilines is 3. The number of nitrogens with one attached hydrogen (secondary N) is 2. The first-order valence-electron chi connectivity index (χ1n) is 13.4. The van der Waals surface area contributed by atoms with Crippen LogP contribution in [0.3, 0.4) is 0 Å². The van der Waals surface area contributed by atoms with Crippen LogP contribution in [-0.2, 0) is 11.0 Å². The molecule has 1 atom stereocenters. The fourth-order valence-electron chi connectivity index (χ4n) is 5.62. The molecule has 3 heterocycles. The van der Waals surface area contributed by atoms with E-state index in [1.807, 2.05) is 4.57 Å². The number of piperidine rings is 1. The highest BCUT2D eigenvalue weighted by Crippen LogP contribution is 2.42. The maximum absolute atomic E-state index is 13.3. The lowest BCUT2D eigenvalue weighted by atomic mass is 9.85. The third kappa shape index (κ3) is 6.08. The molecule has 216 valence electrons. The molecule has 1 amide bonds. The van der Waals surface area contributed by atoms with E-state index < -0.39 is 11.7 Å². The monoisotopic (exact) mass is 598 g/mol. The molecule has 1 aliphatic carbocycles. The van der Waals surface area contributed by atoms with E-state index in [1.165, 1.54) is 0 Å². The lowest BCUT2D eigenvalue weighted by molar-refractivity contribution is -0.137. The van der Waals surface area contributed by atoms with Gasteiger partial charge in [-0.2, -0.15) is 18.2 Å². The first-order valence-corrected chi connectivity index (χ1v) is 14.2. The highest BCUT2D eigenvalue weighted by molar-refractivity contribution is 6.39. The van der Waals surface area contributed by atoms with E-state index >= 15 is 0 Å². The van der Waals surface area contributed by atoms with E-state index in [-0.39, 0.29) is 39.6 Å². The van der Waals surface area contributed by atoms with Crippen molar-refractivity contribution in [3.63, 3.8) is 0 Å². The third-order valence-electron chi connectivity index (χ3n) is 7.79. The summed E-state index contributed by atoms with van der Waals surface area (Å²) in [7, 11) is 0. The highest BCUT2D eigenvalue weighted by atomic mass is 35.5. The van der Waals surface area contributed by atoms with E-state index in [1.54, 1.807) is 6.20 Å². The summed E-state index contributed by atoms with van der Waals surface area (Å²) < 4.78 is 41.7. The van der Waals surface area contributed by atoms with Crippen LogP contribution >= 0.6 is 23.2 Å². The van der Waals surface area contributed by atoms with Crippen molar-refractivity contribution < 1.29 is 18.0 Å². The first kappa shape index (κ1) is 28.7. The molecular formula is C26H31Cl2F3N8O. The lowest BCUT2D eigenvalue weighted by Gasteiger charge is -2.32. The molecule has 2 fully saturated rings. The molecule has 0 unspecified atom stereocenters. The number of halogens is 5. The molecule has 0 radical (unpaired) electrons. The molecule has 40 heavy (non-hydrogen) atoms. The minimum atomic E-state index is -4.59. The number of primary amides is 1. The molecule has 1 saturated heterocycles. The van der Waals surface area contributed by atoms with Gasteiger partial charge in [0, 0.05) is 24.5 Å². The van der Waals surface area contributed by atoms with Gasteiger partial charge in [0.1, 0.15) is 5.52 Å². The molecule has 2 aromatic heterocycles. The smallest absolute Gasteiger partial charge is 0.369 e. The fourth-order valence-corrected chi connectivity index (χ4v) is 6.21. The number of rotatable bonds is 7. The SMILES string of the molecule is CCN1CCC[C@@H](Nc2ncc3nc(Nc4c(Cl)cc(C(F)(F)F)cc4Cl)n(C4CCC(C(N)=O)CC4)c3n2)C1. The zero-order chi connectivity index (χ0) is 28.6. The molecule has 0 spiro atoms. The number of carbonyl (C=O) groups is 1. The molecule has 4 N–H and O–H groups in total. The maximum Gasteiger partial charge on any atom is 0.416 e. The molecule has 9 nitrogen and oxygen atoms in total. The largest absolute Gasteiger partial charge is 0.416 e. The second kappa shape index (κ2) is 11.6. The summed E-state index contributed by atoms with van der Waals surface area (Å²) in [5, 5.41) is 6.12. The number of imidazole rings is 1. The zero-order valence-corrected chi connectivity index (χ0v) is 23.5. The lowest BCUT2D eigenvalue weighted by Crippen LogP contribution is -2.42. The van der Waals surface area contributed by atoms with Crippen LogP contribution in [0.2, 0.25) is 10.0 Å². The molecular weight excluding hydrogens is 568 g/mol. The number of hydrogen-bond donors (Lipinski definition) is 3. The Labute approximate surface area is 239 Å². The van der Waals surface area contributed by atoms with Crippen molar-refractivity contribution in [2.24, 2.45) is 11.7 Å². The summed E-state index contributed by atoms with van der Waals surface area (Å²) in [6.45, 7) is 5.08. The Morgan fingerprint density at radius 1 is 1.12 bits per heavy atom. The molecule has 0 bridgehead atoms. The van der Waals surface area contributed by atoms with Crippen LogP contribution in [0, 0.1) is 5.92 Å². The molecule has 14 heteroatoms. The van der Waals surface area contributed by atoms with Crippen molar-refractivity contribution in [3.8, 4) is 0 Å². The molecule has 3 aromatic rings. The number of fused-ring (bicyclic) bond motifs is 1. The number of likely N-dealkylation sites (tertiary alicyclic amines) is 1. The van der Waals surface area contributed by atoms with Crippen LogP contribution in [0.1, 0.15) is 57.1 Å². The molecule has 1 aromatic carbocycles. The van der Waals surface area contributed by atoms with Gasteiger partial charge in [0.15, 0.2) is 5.65 Å². The van der Waals surface area contributed by atoms with Crippen LogP contribution < -0.4 is 16.4 Å². The predicted molar refractivity (Wildman–Crippen MR) is 149 cm³/mol. The minimum Gasteiger partial charge on any atom is -0.369 e. The number of amides is 1. The van der Waals surface area contributed by atoms with Crippen molar-refractivity contribution in [3.05, 3.63) is 33.9 Å². The maximum atomic E-state index is 13.3. The van der Waals surface area contributed by atoms with Gasteiger partial charge in [-0.25, -0.2) is 9.97 Å². The van der Waals surface area contributed by atoms with Gasteiger partial charge in [-0.05, 0) is 63.7 Å². The van der Waals surface area contributed by atoms with E-state index in [9.17, 15) is 18.0 Å². The summed E-state index contributed by atoms with van der Waals surface area (Å²) in [6.07, 6.45) is 1.61. The molecule has 2 aliphatic rings. The van der Waals surface area contributed by atoms with Gasteiger partial charge in [0.25, 0.3) is 0 Å². The number of nitrogens with two attached hydrogens (primary N) is 1. The van der Waals surface area contributed by atoms with Gasteiger partial charge >= 0.3 is 6.18 Å². The van der Waals surface area contributed by atoms with Crippen molar-refractivity contribution in [1.29, 1.82) is 0 Å². The third-order valence-corrected chi connectivity index (χ3v) is 8.39. The number of hydrogen-bond acceptors (Lipinski definition) is 7. The van der Waals surface area contributed by atoms with Crippen LogP contribution in [0.4, 0.5) is 30.8 Å². The standard InChI is InChI=1S/C26H31Cl2F3N8O/c1-2-38-9-3-4-16(13-38)34-24-33-12-20-23(37-24)39(17-7-5-14(6-8-17)22(32)40)25(35-20)36-21-18(27)10-15(11-19(21)28)26(29,30)31/h10-12,14,16-17H,2-9,13H2,1H3,(H2,32,40)(H,35,36)(H,33,34,37)/t14?,16-,17?/m1/s1. The Morgan fingerprint density at radius 2 is 1.82 bits per heavy atom. The van der Waals surface area contributed by atoms with Crippen molar-refractivity contribution in [2.75, 3.05) is 30.3 Å². The average Bonchev–Trinajstić information content (AvgIpc) is 3.27. The number of benzene rings is 1. The minimum absolute atomic E-state index is 0.0943. The van der Waals surface area contributed by atoms with Gasteiger partial charge in [-0.1, -0.05) is 30.1 Å². The number of aromatic nitrogens is 4. The summed E-state index contributed by atoms with van der Waals surface area (Å²) >= 11 is 12.5. The quantitative estimate of drug-likeness (QED) is 0.305. The molecule has 1 saturated carbocycles. The summed E-state index contributed by atoms with van der Waals surface area (Å²) in [5.74, 6) is 0.265. The van der Waals surface area contributed by atoms with Gasteiger partial charge in [-0.3, -0.25) is 9.36 Å². The van der Waals surface area contributed by atoms with E-state index in [0.29, 0.717) is 48.7 Å². The fraction of sp³-hybridized carbons (Fsp3) is 0.538. The van der Waals surface area contributed by atoms with Crippen molar-refractivity contribution in [1.82, 2.24) is 24.4 Å². The van der Waals surface area contributed by atoms with Gasteiger partial charge < -0.3 is 21.3 Å². The van der Waals surface area contributed by atoms with Gasteiger partial charge in [0.05, 0.1) is 27.5 Å². The zero-order valence-electron chi connectivity index (χ0n) is 21.9. The van der Waals surface area contributed by atoms with E-state index in [2.05, 4.69) is 32.4 Å². The Bertz CT molecular complexity index is 1370. The Balaban J connectivity index is 1.51. The number of alkyl halides is 3. The van der Waals surface area contributed by atoms with Crippen molar-refractivity contribution in [2.45, 2.75) is 63.7 Å². The van der Waals surface area contributed by atoms with Gasteiger partial charge in [-0.15, -0.1) is 0 Å². The first-order chi connectivity index (χ1) is 19.0. The van der Waals surface area contributed by atoms with E-state index in [4.69, 9.17) is 33.9 Å². The molecule has 5 rings (SSSR count). The topological polar surface area (TPSA) is 114 Å².